The fourth-order valence-corrected chi connectivity index (χ4v) is 3.68. The van der Waals surface area contributed by atoms with Crippen LogP contribution in [-0.2, 0) is 9.53 Å². The molecule has 4 heteroatoms. The summed E-state index contributed by atoms with van der Waals surface area (Å²) in [6, 6.07) is 12.0. The number of nitrogens with zero attached hydrogens (tertiary/aromatic N) is 1. The summed E-state index contributed by atoms with van der Waals surface area (Å²) in [5.41, 5.74) is 2.69. The number of esters is 1. The molecular weight excluding hydrogens is 314 g/mol. The number of aromatic nitrogens is 1. The molecule has 0 radical (unpaired) electrons. The second kappa shape index (κ2) is 6.87. The number of aryl methyl sites for hydroxylation is 1. The molecule has 0 amide bonds. The van der Waals surface area contributed by atoms with Crippen molar-refractivity contribution >= 4 is 5.97 Å². The summed E-state index contributed by atoms with van der Waals surface area (Å²) in [5.74, 6) is 0.631. The number of hydrogen-bond donors (Lipinski definition) is 0. The molecule has 0 N–H and O–H groups in total. The molecule has 2 heterocycles. The van der Waals surface area contributed by atoms with Crippen molar-refractivity contribution in [3.8, 4) is 5.75 Å². The lowest BCUT2D eigenvalue weighted by Crippen LogP contribution is -2.41. The molecule has 0 fully saturated rings. The first-order valence-corrected chi connectivity index (χ1v) is 8.81. The Bertz CT molecular complexity index is 759. The van der Waals surface area contributed by atoms with Crippen LogP contribution in [0.25, 0.3) is 0 Å². The van der Waals surface area contributed by atoms with Crippen LogP contribution in [0, 0.1) is 6.92 Å². The van der Waals surface area contributed by atoms with Gasteiger partial charge in [0.1, 0.15) is 11.4 Å². The van der Waals surface area contributed by atoms with Crippen LogP contribution in [0.3, 0.4) is 0 Å². The topological polar surface area (TPSA) is 48.4 Å². The Labute approximate surface area is 149 Å². The molecule has 3 atom stereocenters. The molecule has 132 valence electrons. The zero-order chi connectivity index (χ0) is 18.0. The molecule has 2 aromatic rings. The van der Waals surface area contributed by atoms with Gasteiger partial charge in [0.15, 0.2) is 0 Å². The summed E-state index contributed by atoms with van der Waals surface area (Å²) in [6.07, 6.45) is 2.01. The van der Waals surface area contributed by atoms with Crippen LogP contribution in [0.5, 0.6) is 5.75 Å². The highest BCUT2D eigenvalue weighted by Crippen LogP contribution is 2.51. The average Bonchev–Trinajstić information content (AvgIpc) is 2.86. The monoisotopic (exact) mass is 339 g/mol. The molecule has 0 saturated carbocycles. The van der Waals surface area contributed by atoms with E-state index in [4.69, 9.17) is 9.47 Å². The van der Waals surface area contributed by atoms with Crippen LogP contribution in [0.2, 0.25) is 0 Å². The minimum absolute atomic E-state index is 0.142. The van der Waals surface area contributed by atoms with E-state index < -0.39 is 5.60 Å². The Morgan fingerprint density at radius 3 is 2.84 bits per heavy atom. The molecule has 25 heavy (non-hydrogen) atoms. The molecule has 0 saturated heterocycles. The van der Waals surface area contributed by atoms with Gasteiger partial charge in [-0.25, -0.2) is 0 Å². The van der Waals surface area contributed by atoms with Crippen molar-refractivity contribution < 1.29 is 14.3 Å². The van der Waals surface area contributed by atoms with Crippen LogP contribution in [0.15, 0.2) is 42.6 Å². The van der Waals surface area contributed by atoms with E-state index in [1.165, 1.54) is 11.1 Å². The molecular formula is C21H25NO3. The Balaban J connectivity index is 1.99. The first kappa shape index (κ1) is 17.5. The van der Waals surface area contributed by atoms with Crippen molar-refractivity contribution in [2.24, 2.45) is 0 Å². The SMILES string of the molecule is CCOC(=O)CC(c1ccccn1)C1(C)Oc2ccc(C)cc2C1C. The van der Waals surface area contributed by atoms with Crippen LogP contribution < -0.4 is 4.74 Å². The predicted octanol–water partition coefficient (Wildman–Crippen LogP) is 4.38. The largest absolute Gasteiger partial charge is 0.486 e. The van der Waals surface area contributed by atoms with Gasteiger partial charge in [-0.15, -0.1) is 0 Å². The highest BCUT2D eigenvalue weighted by molar-refractivity contribution is 5.71. The number of rotatable bonds is 5. The van der Waals surface area contributed by atoms with Gasteiger partial charge in [-0.1, -0.05) is 30.7 Å². The summed E-state index contributed by atoms with van der Waals surface area (Å²) in [5, 5.41) is 0. The number of hydrogen-bond acceptors (Lipinski definition) is 4. The number of carbonyl (C=O) groups is 1. The minimum atomic E-state index is -0.558. The van der Waals surface area contributed by atoms with Crippen LogP contribution in [0.1, 0.15) is 55.8 Å². The van der Waals surface area contributed by atoms with E-state index in [-0.39, 0.29) is 24.2 Å². The third kappa shape index (κ3) is 3.26. The molecule has 0 aliphatic carbocycles. The number of pyridine rings is 1. The molecule has 0 spiro atoms. The number of ether oxygens (including phenoxy) is 2. The number of carbonyl (C=O) groups excluding carboxylic acids is 1. The Morgan fingerprint density at radius 1 is 1.36 bits per heavy atom. The van der Waals surface area contributed by atoms with Gasteiger partial charge in [-0.2, -0.15) is 0 Å². The summed E-state index contributed by atoms with van der Waals surface area (Å²) < 4.78 is 11.6. The Morgan fingerprint density at radius 2 is 2.16 bits per heavy atom. The summed E-state index contributed by atoms with van der Waals surface area (Å²) >= 11 is 0. The fourth-order valence-electron chi connectivity index (χ4n) is 3.68. The first-order chi connectivity index (χ1) is 12.0. The normalized spacial score (nSPS) is 22.8. The van der Waals surface area contributed by atoms with Crippen LogP contribution in [0.4, 0.5) is 0 Å². The van der Waals surface area contributed by atoms with E-state index in [2.05, 4.69) is 37.9 Å². The van der Waals surface area contributed by atoms with E-state index in [0.29, 0.717) is 6.61 Å². The number of fused-ring (bicyclic) bond motifs is 1. The van der Waals surface area contributed by atoms with Crippen molar-refractivity contribution in [3.05, 3.63) is 59.4 Å². The molecule has 3 unspecified atom stereocenters. The lowest BCUT2D eigenvalue weighted by molar-refractivity contribution is -0.145. The van der Waals surface area contributed by atoms with E-state index in [0.717, 1.165) is 11.4 Å². The number of benzene rings is 1. The van der Waals surface area contributed by atoms with Gasteiger partial charge in [0.05, 0.1) is 18.9 Å². The van der Waals surface area contributed by atoms with Crippen LogP contribution in [-0.4, -0.2) is 23.2 Å². The lowest BCUT2D eigenvalue weighted by Gasteiger charge is -2.36. The standard InChI is InChI=1S/C21H25NO3/c1-5-24-20(23)13-17(18-8-6-7-11-22-18)21(4)15(3)16-12-14(2)9-10-19(16)25-21/h6-12,15,17H,5,13H2,1-4H3. The van der Waals surface area contributed by atoms with E-state index >= 15 is 0 Å². The van der Waals surface area contributed by atoms with Crippen molar-refractivity contribution in [1.82, 2.24) is 4.98 Å². The van der Waals surface area contributed by atoms with Gasteiger partial charge in [0.25, 0.3) is 0 Å². The zero-order valence-electron chi connectivity index (χ0n) is 15.3. The third-order valence-corrected chi connectivity index (χ3v) is 5.23. The van der Waals surface area contributed by atoms with Crippen molar-refractivity contribution in [1.29, 1.82) is 0 Å². The van der Waals surface area contributed by atoms with Gasteiger partial charge in [-0.05, 0) is 39.0 Å². The van der Waals surface area contributed by atoms with Gasteiger partial charge < -0.3 is 9.47 Å². The molecule has 1 aromatic carbocycles. The molecule has 1 aliphatic rings. The second-order valence-electron chi connectivity index (χ2n) is 6.87. The maximum atomic E-state index is 12.3. The van der Waals surface area contributed by atoms with E-state index in [1.54, 1.807) is 6.20 Å². The highest BCUT2D eigenvalue weighted by Gasteiger charge is 2.49. The van der Waals surface area contributed by atoms with Gasteiger partial charge >= 0.3 is 5.97 Å². The van der Waals surface area contributed by atoms with Crippen LogP contribution >= 0.6 is 0 Å². The zero-order valence-corrected chi connectivity index (χ0v) is 15.3. The maximum Gasteiger partial charge on any atom is 0.306 e. The van der Waals surface area contributed by atoms with Crippen molar-refractivity contribution in [2.45, 2.75) is 51.6 Å². The summed E-state index contributed by atoms with van der Waals surface area (Å²) in [7, 11) is 0. The third-order valence-electron chi connectivity index (χ3n) is 5.23. The molecule has 1 aliphatic heterocycles. The first-order valence-electron chi connectivity index (χ1n) is 8.81. The smallest absolute Gasteiger partial charge is 0.306 e. The second-order valence-corrected chi connectivity index (χ2v) is 6.87. The predicted molar refractivity (Wildman–Crippen MR) is 96.9 cm³/mol. The fraction of sp³-hybridized carbons (Fsp3) is 0.429. The van der Waals surface area contributed by atoms with Gasteiger partial charge in [-0.3, -0.25) is 9.78 Å². The minimum Gasteiger partial charge on any atom is -0.486 e. The van der Waals surface area contributed by atoms with E-state index in [9.17, 15) is 4.79 Å². The molecule has 0 bridgehead atoms. The van der Waals surface area contributed by atoms with Gasteiger partial charge in [0.2, 0.25) is 0 Å². The summed E-state index contributed by atoms with van der Waals surface area (Å²) in [6.45, 7) is 8.51. The van der Waals surface area contributed by atoms with Crippen molar-refractivity contribution in [3.63, 3.8) is 0 Å². The van der Waals surface area contributed by atoms with E-state index in [1.807, 2.05) is 31.2 Å². The molecule has 3 rings (SSSR count). The average molecular weight is 339 g/mol. The lowest BCUT2D eigenvalue weighted by atomic mass is 9.74. The molecule has 4 nitrogen and oxygen atoms in total. The maximum absolute atomic E-state index is 12.3. The summed E-state index contributed by atoms with van der Waals surface area (Å²) in [4.78, 5) is 16.8. The Hall–Kier alpha value is -2.36. The van der Waals surface area contributed by atoms with Gasteiger partial charge in [0, 0.05) is 23.4 Å². The Kier molecular flexibility index (Phi) is 4.80. The van der Waals surface area contributed by atoms with Crippen molar-refractivity contribution in [2.75, 3.05) is 6.61 Å². The quantitative estimate of drug-likeness (QED) is 0.759. The molecule has 1 aromatic heterocycles. The highest BCUT2D eigenvalue weighted by atomic mass is 16.5.